The van der Waals surface area contributed by atoms with Gasteiger partial charge in [-0.25, -0.2) is 0 Å². The van der Waals surface area contributed by atoms with Gasteiger partial charge in [-0.1, -0.05) is 15.9 Å². The van der Waals surface area contributed by atoms with Gasteiger partial charge >= 0.3 is 0 Å². The summed E-state index contributed by atoms with van der Waals surface area (Å²) in [5.41, 5.74) is 0.300. The first-order valence-corrected chi connectivity index (χ1v) is 6.26. The lowest BCUT2D eigenvalue weighted by molar-refractivity contribution is -0.0325. The lowest BCUT2D eigenvalue weighted by Gasteiger charge is -2.38. The summed E-state index contributed by atoms with van der Waals surface area (Å²) in [6.45, 7) is 1.44. The number of aliphatic hydroxyl groups excluding tert-OH is 1. The quantitative estimate of drug-likeness (QED) is 0.871. The standard InChI is InChI=1S/C12H16BrNO2/c13-10-1-3-11(4-2-10)14-7-5-12(16,9-15)6-8-14/h1-4,15-16H,5-9H2. The molecule has 3 nitrogen and oxygen atoms in total. The highest BCUT2D eigenvalue weighted by molar-refractivity contribution is 9.10. The second-order valence-electron chi connectivity index (χ2n) is 4.35. The van der Waals surface area contributed by atoms with Crippen LogP contribution in [-0.2, 0) is 0 Å². The molecular weight excluding hydrogens is 270 g/mol. The Balaban J connectivity index is 2.01. The lowest BCUT2D eigenvalue weighted by atomic mass is 9.92. The van der Waals surface area contributed by atoms with E-state index in [4.69, 9.17) is 5.11 Å². The lowest BCUT2D eigenvalue weighted by Crippen LogP contribution is -2.46. The van der Waals surface area contributed by atoms with E-state index in [-0.39, 0.29) is 6.61 Å². The zero-order valence-electron chi connectivity index (χ0n) is 9.06. The van der Waals surface area contributed by atoms with Crippen LogP contribution in [0.2, 0.25) is 0 Å². The molecule has 0 saturated carbocycles. The van der Waals surface area contributed by atoms with E-state index in [2.05, 4.69) is 33.0 Å². The Hall–Kier alpha value is -0.580. The van der Waals surface area contributed by atoms with Gasteiger partial charge in [0.2, 0.25) is 0 Å². The summed E-state index contributed by atoms with van der Waals surface area (Å²) in [5, 5.41) is 19.0. The summed E-state index contributed by atoms with van der Waals surface area (Å²) >= 11 is 3.41. The zero-order chi connectivity index (χ0) is 11.6. The minimum absolute atomic E-state index is 0.138. The second-order valence-corrected chi connectivity index (χ2v) is 5.26. The number of anilines is 1. The molecule has 0 atom stereocenters. The molecule has 0 amide bonds. The van der Waals surface area contributed by atoms with Crippen LogP contribution in [-0.4, -0.2) is 35.5 Å². The topological polar surface area (TPSA) is 43.7 Å². The first kappa shape index (κ1) is 11.9. The van der Waals surface area contributed by atoms with Crippen LogP contribution in [0.15, 0.2) is 28.7 Å². The third kappa shape index (κ3) is 2.56. The molecule has 16 heavy (non-hydrogen) atoms. The highest BCUT2D eigenvalue weighted by Gasteiger charge is 2.31. The molecule has 0 radical (unpaired) electrons. The molecule has 1 aliphatic heterocycles. The summed E-state index contributed by atoms with van der Waals surface area (Å²) in [5.74, 6) is 0. The van der Waals surface area contributed by atoms with E-state index >= 15 is 0 Å². The summed E-state index contributed by atoms with van der Waals surface area (Å²) in [4.78, 5) is 2.23. The minimum Gasteiger partial charge on any atom is -0.393 e. The van der Waals surface area contributed by atoms with Gasteiger partial charge in [-0.3, -0.25) is 0 Å². The number of benzene rings is 1. The molecule has 0 aliphatic carbocycles. The minimum atomic E-state index is -0.869. The highest BCUT2D eigenvalue weighted by atomic mass is 79.9. The molecule has 2 rings (SSSR count). The van der Waals surface area contributed by atoms with Crippen molar-refractivity contribution < 1.29 is 10.2 Å². The van der Waals surface area contributed by atoms with Crippen LogP contribution in [0.4, 0.5) is 5.69 Å². The van der Waals surface area contributed by atoms with Crippen LogP contribution in [0, 0.1) is 0 Å². The summed E-state index contributed by atoms with van der Waals surface area (Å²) in [6.07, 6.45) is 1.25. The third-order valence-corrected chi connectivity index (χ3v) is 3.71. The van der Waals surface area contributed by atoms with E-state index in [1.807, 2.05) is 12.1 Å². The Morgan fingerprint density at radius 2 is 1.75 bits per heavy atom. The van der Waals surface area contributed by atoms with E-state index in [9.17, 15) is 5.11 Å². The van der Waals surface area contributed by atoms with Crippen LogP contribution >= 0.6 is 15.9 Å². The molecule has 1 saturated heterocycles. The first-order chi connectivity index (χ1) is 7.63. The Labute approximate surface area is 104 Å². The third-order valence-electron chi connectivity index (χ3n) is 3.18. The first-order valence-electron chi connectivity index (χ1n) is 5.47. The molecule has 0 bridgehead atoms. The predicted octanol–water partition coefficient (Wildman–Crippen LogP) is 1.77. The van der Waals surface area contributed by atoms with E-state index in [0.29, 0.717) is 12.8 Å². The van der Waals surface area contributed by atoms with E-state index in [1.165, 1.54) is 5.69 Å². The van der Waals surface area contributed by atoms with Gasteiger partial charge in [0.1, 0.15) is 0 Å². The Kier molecular flexibility index (Phi) is 3.52. The van der Waals surface area contributed by atoms with Crippen molar-refractivity contribution in [3.63, 3.8) is 0 Å². The molecule has 0 unspecified atom stereocenters. The van der Waals surface area contributed by atoms with Crippen LogP contribution in [0.5, 0.6) is 0 Å². The number of hydrogen-bond acceptors (Lipinski definition) is 3. The van der Waals surface area contributed by atoms with Gasteiger partial charge in [0.25, 0.3) is 0 Å². The zero-order valence-corrected chi connectivity index (χ0v) is 10.7. The maximum absolute atomic E-state index is 9.90. The van der Waals surface area contributed by atoms with Crippen molar-refractivity contribution in [2.24, 2.45) is 0 Å². The summed E-state index contributed by atoms with van der Waals surface area (Å²) < 4.78 is 1.07. The van der Waals surface area contributed by atoms with Gasteiger partial charge in [0.05, 0.1) is 12.2 Å². The molecule has 1 fully saturated rings. The monoisotopic (exact) mass is 285 g/mol. The number of halogens is 1. The Bertz CT molecular complexity index is 345. The molecule has 1 aromatic carbocycles. The number of piperidine rings is 1. The normalized spacial score (nSPS) is 19.8. The molecular formula is C12H16BrNO2. The highest BCUT2D eigenvalue weighted by Crippen LogP contribution is 2.26. The molecule has 0 aromatic heterocycles. The maximum Gasteiger partial charge on any atom is 0.0911 e. The van der Waals surface area contributed by atoms with Crippen molar-refractivity contribution in [3.05, 3.63) is 28.7 Å². The molecule has 4 heteroatoms. The van der Waals surface area contributed by atoms with E-state index in [0.717, 1.165) is 17.6 Å². The number of aliphatic hydroxyl groups is 2. The predicted molar refractivity (Wildman–Crippen MR) is 67.6 cm³/mol. The summed E-state index contributed by atoms with van der Waals surface area (Å²) in [6, 6.07) is 8.16. The van der Waals surface area contributed by atoms with Crippen molar-refractivity contribution >= 4 is 21.6 Å². The van der Waals surface area contributed by atoms with Crippen LogP contribution in [0.3, 0.4) is 0 Å². The molecule has 0 spiro atoms. The number of hydrogen-bond donors (Lipinski definition) is 2. The van der Waals surface area contributed by atoms with Crippen molar-refractivity contribution in [2.45, 2.75) is 18.4 Å². The molecule has 1 aliphatic rings. The molecule has 2 N–H and O–H groups in total. The van der Waals surface area contributed by atoms with Crippen LogP contribution in [0.25, 0.3) is 0 Å². The molecule has 88 valence electrons. The van der Waals surface area contributed by atoms with E-state index < -0.39 is 5.60 Å². The number of nitrogens with zero attached hydrogens (tertiary/aromatic N) is 1. The summed E-state index contributed by atoms with van der Waals surface area (Å²) in [7, 11) is 0. The fraction of sp³-hybridized carbons (Fsp3) is 0.500. The fourth-order valence-electron chi connectivity index (χ4n) is 1.99. The van der Waals surface area contributed by atoms with Gasteiger partial charge in [-0.2, -0.15) is 0 Å². The van der Waals surface area contributed by atoms with Crippen molar-refractivity contribution in [1.29, 1.82) is 0 Å². The van der Waals surface area contributed by atoms with Crippen molar-refractivity contribution in [3.8, 4) is 0 Å². The van der Waals surface area contributed by atoms with Gasteiger partial charge in [0, 0.05) is 23.2 Å². The van der Waals surface area contributed by atoms with Crippen LogP contribution in [0.1, 0.15) is 12.8 Å². The average Bonchev–Trinajstić information content (AvgIpc) is 2.32. The molecule has 1 aromatic rings. The number of rotatable bonds is 2. The van der Waals surface area contributed by atoms with Crippen LogP contribution < -0.4 is 4.90 Å². The smallest absolute Gasteiger partial charge is 0.0911 e. The largest absolute Gasteiger partial charge is 0.393 e. The Morgan fingerprint density at radius 1 is 1.19 bits per heavy atom. The van der Waals surface area contributed by atoms with Gasteiger partial charge in [-0.05, 0) is 37.1 Å². The van der Waals surface area contributed by atoms with Crippen molar-refractivity contribution in [2.75, 3.05) is 24.6 Å². The average molecular weight is 286 g/mol. The second kappa shape index (κ2) is 4.73. The van der Waals surface area contributed by atoms with Gasteiger partial charge < -0.3 is 15.1 Å². The SMILES string of the molecule is OCC1(O)CCN(c2ccc(Br)cc2)CC1. The maximum atomic E-state index is 9.90. The van der Waals surface area contributed by atoms with Crippen molar-refractivity contribution in [1.82, 2.24) is 0 Å². The van der Waals surface area contributed by atoms with E-state index in [1.54, 1.807) is 0 Å². The molecule has 1 heterocycles. The van der Waals surface area contributed by atoms with Gasteiger partial charge in [0.15, 0.2) is 0 Å². The Morgan fingerprint density at radius 3 is 2.25 bits per heavy atom. The van der Waals surface area contributed by atoms with Gasteiger partial charge in [-0.15, -0.1) is 0 Å². The fourth-order valence-corrected chi connectivity index (χ4v) is 2.26.